The van der Waals surface area contributed by atoms with Crippen LogP contribution in [0.2, 0.25) is 0 Å². The summed E-state index contributed by atoms with van der Waals surface area (Å²) in [5, 5.41) is 10.6. The molecule has 0 amide bonds. The number of aliphatic hydroxyl groups is 1. The first kappa shape index (κ1) is 14.8. The summed E-state index contributed by atoms with van der Waals surface area (Å²) in [7, 11) is 0. The molecule has 1 atom stereocenters. The van der Waals surface area contributed by atoms with Crippen molar-refractivity contribution in [2.75, 3.05) is 0 Å². The van der Waals surface area contributed by atoms with Gasteiger partial charge in [0.15, 0.2) is 6.10 Å². The Morgan fingerprint density at radius 3 is 2.45 bits per heavy atom. The molecule has 1 unspecified atom stereocenters. The summed E-state index contributed by atoms with van der Waals surface area (Å²) in [6.45, 7) is 3.32. The van der Waals surface area contributed by atoms with Crippen LogP contribution in [0.3, 0.4) is 0 Å². The minimum absolute atomic E-state index is 0.261. The first-order valence-electron chi connectivity index (χ1n) is 6.66. The van der Waals surface area contributed by atoms with Crippen LogP contribution in [-0.2, 0) is 10.2 Å². The number of carbonyl (C=O) groups excluding carboxylic acids is 1. The molecule has 0 fully saturated rings. The third-order valence-electron chi connectivity index (χ3n) is 3.97. The van der Waals surface area contributed by atoms with Crippen molar-refractivity contribution in [2.24, 2.45) is 0 Å². The van der Waals surface area contributed by atoms with E-state index in [4.69, 9.17) is 4.74 Å². The van der Waals surface area contributed by atoms with Crippen molar-refractivity contribution in [3.05, 3.63) is 41.5 Å². The van der Waals surface area contributed by atoms with Crippen molar-refractivity contribution >= 4 is 16.7 Å². The molecule has 116 valence electrons. The van der Waals surface area contributed by atoms with Gasteiger partial charge >= 0.3 is 12.1 Å². The van der Waals surface area contributed by atoms with Crippen molar-refractivity contribution in [3.8, 4) is 5.75 Å². The van der Waals surface area contributed by atoms with Crippen LogP contribution in [0.4, 0.5) is 13.2 Å². The van der Waals surface area contributed by atoms with Crippen LogP contribution in [0.5, 0.6) is 5.75 Å². The Hall–Kier alpha value is -2.08. The molecule has 0 spiro atoms. The summed E-state index contributed by atoms with van der Waals surface area (Å²) in [5.41, 5.74) is -0.661. The predicted molar refractivity (Wildman–Crippen MR) is 73.6 cm³/mol. The van der Waals surface area contributed by atoms with Crippen LogP contribution < -0.4 is 4.74 Å². The van der Waals surface area contributed by atoms with Gasteiger partial charge < -0.3 is 9.84 Å². The van der Waals surface area contributed by atoms with Gasteiger partial charge in [0.1, 0.15) is 5.75 Å². The van der Waals surface area contributed by atoms with E-state index in [9.17, 15) is 23.1 Å². The van der Waals surface area contributed by atoms with Crippen LogP contribution in [0.25, 0.3) is 10.8 Å². The summed E-state index contributed by atoms with van der Waals surface area (Å²) >= 11 is 0. The van der Waals surface area contributed by atoms with Crippen molar-refractivity contribution in [2.45, 2.75) is 31.5 Å². The minimum atomic E-state index is -4.74. The van der Waals surface area contributed by atoms with Crippen LogP contribution in [-0.4, -0.2) is 17.3 Å². The smallest absolute Gasteiger partial charge is 0.418 e. The summed E-state index contributed by atoms with van der Waals surface area (Å²) in [6.07, 6.45) is -7.30. The van der Waals surface area contributed by atoms with Gasteiger partial charge in [0.2, 0.25) is 0 Å². The van der Waals surface area contributed by atoms with Crippen LogP contribution in [0.1, 0.15) is 31.1 Å². The number of esters is 1. The zero-order valence-corrected chi connectivity index (χ0v) is 11.9. The van der Waals surface area contributed by atoms with E-state index in [1.807, 2.05) is 0 Å². The lowest BCUT2D eigenvalue weighted by Crippen LogP contribution is -2.26. The molecule has 1 N–H and O–H groups in total. The van der Waals surface area contributed by atoms with E-state index in [0.29, 0.717) is 22.1 Å². The molecule has 3 rings (SSSR count). The lowest BCUT2D eigenvalue weighted by atomic mass is 9.82. The van der Waals surface area contributed by atoms with E-state index in [0.717, 1.165) is 0 Å². The number of alkyl halides is 3. The molecule has 1 aliphatic rings. The Balaban J connectivity index is 2.25. The standard InChI is InChI=1S/C16H13F3O3/c1-15(2)12-10-7-9(13(20)16(17,18)19)4-3-8(10)5-6-11(12)22-14(15)21/h3-7,13,20H,1-2H3. The van der Waals surface area contributed by atoms with Crippen LogP contribution in [0.15, 0.2) is 30.3 Å². The Labute approximate surface area is 124 Å². The topological polar surface area (TPSA) is 46.5 Å². The van der Waals surface area contributed by atoms with Crippen molar-refractivity contribution in [1.29, 1.82) is 0 Å². The van der Waals surface area contributed by atoms with Crippen LogP contribution >= 0.6 is 0 Å². The Morgan fingerprint density at radius 1 is 1.18 bits per heavy atom. The van der Waals surface area contributed by atoms with E-state index < -0.39 is 23.7 Å². The van der Waals surface area contributed by atoms with Gasteiger partial charge in [0.05, 0.1) is 5.41 Å². The quantitative estimate of drug-likeness (QED) is 0.646. The second-order valence-corrected chi connectivity index (χ2v) is 5.88. The normalized spacial score (nSPS) is 18.2. The van der Waals surface area contributed by atoms with E-state index in [2.05, 4.69) is 0 Å². The molecule has 0 radical (unpaired) electrons. The van der Waals surface area contributed by atoms with Gasteiger partial charge in [-0.05, 0) is 42.3 Å². The molecule has 1 aliphatic heterocycles. The molecule has 0 saturated carbocycles. The second-order valence-electron chi connectivity index (χ2n) is 5.88. The highest BCUT2D eigenvalue weighted by atomic mass is 19.4. The Morgan fingerprint density at radius 2 is 1.82 bits per heavy atom. The zero-order chi connectivity index (χ0) is 16.3. The summed E-state index contributed by atoms with van der Waals surface area (Å²) in [5.74, 6) is -0.0991. The highest BCUT2D eigenvalue weighted by molar-refractivity contribution is 6.00. The van der Waals surface area contributed by atoms with E-state index in [-0.39, 0.29) is 5.56 Å². The average molecular weight is 310 g/mol. The fourth-order valence-electron chi connectivity index (χ4n) is 2.74. The lowest BCUT2D eigenvalue weighted by molar-refractivity contribution is -0.206. The third-order valence-corrected chi connectivity index (χ3v) is 3.97. The monoisotopic (exact) mass is 310 g/mol. The van der Waals surface area contributed by atoms with E-state index in [1.54, 1.807) is 26.0 Å². The maximum atomic E-state index is 12.7. The fourth-order valence-corrected chi connectivity index (χ4v) is 2.74. The maximum Gasteiger partial charge on any atom is 0.418 e. The number of rotatable bonds is 1. The number of hydrogen-bond donors (Lipinski definition) is 1. The largest absolute Gasteiger partial charge is 0.426 e. The fraction of sp³-hybridized carbons (Fsp3) is 0.312. The van der Waals surface area contributed by atoms with Crippen molar-refractivity contribution < 1.29 is 27.8 Å². The van der Waals surface area contributed by atoms with Gasteiger partial charge in [-0.25, -0.2) is 0 Å². The molecule has 6 heteroatoms. The second kappa shape index (κ2) is 4.46. The number of hydrogen-bond acceptors (Lipinski definition) is 3. The summed E-state index contributed by atoms with van der Waals surface area (Å²) in [4.78, 5) is 11.9. The van der Waals surface area contributed by atoms with E-state index >= 15 is 0 Å². The number of benzene rings is 2. The molecule has 0 bridgehead atoms. The van der Waals surface area contributed by atoms with Gasteiger partial charge in [-0.15, -0.1) is 0 Å². The average Bonchev–Trinajstić information content (AvgIpc) is 2.67. The number of ether oxygens (including phenoxy) is 1. The lowest BCUT2D eigenvalue weighted by Gasteiger charge is -2.18. The molecule has 2 aromatic rings. The molecule has 22 heavy (non-hydrogen) atoms. The van der Waals surface area contributed by atoms with Gasteiger partial charge in [0, 0.05) is 5.56 Å². The molecular formula is C16H13F3O3. The van der Waals surface area contributed by atoms with Gasteiger partial charge in [-0.1, -0.05) is 18.2 Å². The SMILES string of the molecule is CC1(C)C(=O)Oc2ccc3ccc(C(O)C(F)(F)F)cc3c21. The Kier molecular flexibility index (Phi) is 3.01. The predicted octanol–water partition coefficient (Wildman–Crippen LogP) is 3.63. The Bertz CT molecular complexity index is 778. The summed E-state index contributed by atoms with van der Waals surface area (Å²) in [6, 6.07) is 7.31. The number of carbonyl (C=O) groups is 1. The maximum absolute atomic E-state index is 12.7. The molecule has 3 nitrogen and oxygen atoms in total. The van der Waals surface area contributed by atoms with Crippen LogP contribution in [0, 0.1) is 0 Å². The number of fused-ring (bicyclic) bond motifs is 3. The molecule has 0 aliphatic carbocycles. The van der Waals surface area contributed by atoms with E-state index in [1.165, 1.54) is 18.2 Å². The highest BCUT2D eigenvalue weighted by Crippen LogP contribution is 2.44. The zero-order valence-electron chi connectivity index (χ0n) is 11.9. The van der Waals surface area contributed by atoms with Gasteiger partial charge in [-0.2, -0.15) is 13.2 Å². The molecule has 0 saturated heterocycles. The number of aliphatic hydroxyl groups excluding tert-OH is 1. The highest BCUT2D eigenvalue weighted by Gasteiger charge is 2.43. The molecule has 0 aromatic heterocycles. The molecule has 2 aromatic carbocycles. The summed E-state index contributed by atoms with van der Waals surface area (Å²) < 4.78 is 43.3. The van der Waals surface area contributed by atoms with Crippen molar-refractivity contribution in [1.82, 2.24) is 0 Å². The van der Waals surface area contributed by atoms with Gasteiger partial charge in [-0.3, -0.25) is 4.79 Å². The first-order chi connectivity index (χ1) is 10.1. The molecule has 1 heterocycles. The van der Waals surface area contributed by atoms with Crippen molar-refractivity contribution in [3.63, 3.8) is 0 Å². The van der Waals surface area contributed by atoms with Gasteiger partial charge in [0.25, 0.3) is 0 Å². The first-order valence-corrected chi connectivity index (χ1v) is 6.66. The third kappa shape index (κ3) is 2.06. The molecular weight excluding hydrogens is 297 g/mol. The minimum Gasteiger partial charge on any atom is -0.426 e. The number of halogens is 3.